The van der Waals surface area contributed by atoms with Crippen LogP contribution < -0.4 is 4.87 Å². The summed E-state index contributed by atoms with van der Waals surface area (Å²) in [5, 5.41) is 11.1. The zero-order valence-electron chi connectivity index (χ0n) is 13.5. The number of hydrogen-bond acceptors (Lipinski definition) is 8. The molecule has 0 fully saturated rings. The number of ether oxygens (including phenoxy) is 2. The van der Waals surface area contributed by atoms with E-state index in [-0.39, 0.29) is 26.7 Å². The highest BCUT2D eigenvalue weighted by Crippen LogP contribution is 2.50. The Balaban J connectivity index is 2.35. The maximum atomic E-state index is 12.5. The Morgan fingerprint density at radius 2 is 1.92 bits per heavy atom. The largest absolute Gasteiger partial charge is 0.508 e. The molecule has 1 aliphatic heterocycles. The number of phenols is 1. The minimum atomic E-state index is -0.907. The number of aromatic hydroxyl groups is 1. The maximum absolute atomic E-state index is 12.5. The molecule has 0 aliphatic carbocycles. The second kappa shape index (κ2) is 7.18. The first-order valence-corrected chi connectivity index (χ1v) is 9.18. The molecule has 0 spiro atoms. The molecule has 2 heterocycles. The molecule has 7 nitrogen and oxygen atoms in total. The molecule has 1 atom stereocenters. The Kier molecular flexibility index (Phi) is 5.12. The van der Waals surface area contributed by atoms with Crippen LogP contribution >= 0.6 is 34.7 Å². The molecule has 2 aromatic rings. The summed E-state index contributed by atoms with van der Waals surface area (Å²) in [7, 11) is 2.36. The Hall–Kier alpha value is -2.23. The van der Waals surface area contributed by atoms with Gasteiger partial charge in [-0.1, -0.05) is 34.7 Å². The lowest BCUT2D eigenvalue weighted by atomic mass is 9.88. The number of thiazole rings is 1. The molecule has 2 N–H and O–H groups in total. The van der Waals surface area contributed by atoms with Crippen molar-refractivity contribution in [1.29, 1.82) is 0 Å². The lowest BCUT2D eigenvalue weighted by Gasteiger charge is -2.26. The van der Waals surface area contributed by atoms with Crippen molar-refractivity contribution in [3.05, 3.63) is 53.8 Å². The summed E-state index contributed by atoms with van der Waals surface area (Å²) in [5.41, 5.74) is 0.251. The van der Waals surface area contributed by atoms with Crippen LogP contribution in [0.3, 0.4) is 0 Å². The number of methoxy groups -OCH3 is 2. The van der Waals surface area contributed by atoms with Crippen molar-refractivity contribution in [1.82, 2.24) is 4.98 Å². The predicted octanol–water partition coefficient (Wildman–Crippen LogP) is 2.63. The van der Waals surface area contributed by atoms with Gasteiger partial charge in [0.25, 0.3) is 0 Å². The number of thioether (sulfide) groups is 1. The van der Waals surface area contributed by atoms with Gasteiger partial charge in [0.2, 0.25) is 0 Å². The Labute approximate surface area is 160 Å². The van der Waals surface area contributed by atoms with Crippen LogP contribution in [0.2, 0.25) is 5.02 Å². The Morgan fingerprint density at radius 1 is 1.23 bits per heavy atom. The lowest BCUT2D eigenvalue weighted by molar-refractivity contribution is -0.139. The van der Waals surface area contributed by atoms with Gasteiger partial charge in [0, 0.05) is 10.6 Å². The normalized spacial score (nSPS) is 16.2. The Morgan fingerprint density at radius 3 is 2.58 bits per heavy atom. The minimum Gasteiger partial charge on any atom is -0.508 e. The van der Waals surface area contributed by atoms with Crippen LogP contribution in [0.15, 0.2) is 38.5 Å². The molecule has 0 saturated carbocycles. The highest BCUT2D eigenvalue weighted by Gasteiger charge is 2.40. The van der Waals surface area contributed by atoms with Crippen molar-refractivity contribution < 1.29 is 24.2 Å². The number of halogens is 1. The molecule has 0 bridgehead atoms. The second-order valence-corrected chi connectivity index (χ2v) is 7.64. The van der Waals surface area contributed by atoms with Gasteiger partial charge in [0.05, 0.1) is 35.6 Å². The first-order valence-electron chi connectivity index (χ1n) is 7.17. The van der Waals surface area contributed by atoms with Crippen LogP contribution in [0.5, 0.6) is 5.75 Å². The average molecular weight is 414 g/mol. The molecule has 1 aromatic heterocycles. The molecule has 0 unspecified atom stereocenters. The van der Waals surface area contributed by atoms with Gasteiger partial charge in [0.15, 0.2) is 0 Å². The van der Waals surface area contributed by atoms with E-state index in [9.17, 15) is 19.5 Å². The van der Waals surface area contributed by atoms with Gasteiger partial charge in [-0.15, -0.1) is 0 Å². The summed E-state index contributed by atoms with van der Waals surface area (Å²) in [4.78, 5) is 39.4. The van der Waals surface area contributed by atoms with E-state index in [1.54, 1.807) is 0 Å². The van der Waals surface area contributed by atoms with Crippen molar-refractivity contribution in [2.45, 2.75) is 10.9 Å². The molecule has 0 saturated heterocycles. The van der Waals surface area contributed by atoms with Crippen LogP contribution in [0.1, 0.15) is 16.4 Å². The van der Waals surface area contributed by atoms with Crippen molar-refractivity contribution >= 4 is 46.6 Å². The number of H-pyrrole nitrogens is 1. The van der Waals surface area contributed by atoms with Crippen LogP contribution in [0, 0.1) is 0 Å². The number of phenolic OH excluding ortho intramolecular Hbond substituents is 1. The van der Waals surface area contributed by atoms with E-state index >= 15 is 0 Å². The zero-order chi connectivity index (χ0) is 19.0. The molecule has 0 radical (unpaired) electrons. The van der Waals surface area contributed by atoms with Crippen molar-refractivity contribution in [3.63, 3.8) is 0 Å². The number of esters is 2. The summed E-state index contributed by atoms with van der Waals surface area (Å²) in [6.45, 7) is 0. The van der Waals surface area contributed by atoms with Crippen molar-refractivity contribution in [2.75, 3.05) is 14.2 Å². The quantitative estimate of drug-likeness (QED) is 0.745. The SMILES string of the molecule is COC(=O)C1=C(C(=O)OC)[C@H](c2cc(Cl)ccc2O)c2sc(=O)[nH]c2S1. The monoisotopic (exact) mass is 413 g/mol. The molecular formula is C16H12ClNO6S2. The highest BCUT2D eigenvalue weighted by atomic mass is 35.5. The predicted molar refractivity (Wildman–Crippen MR) is 96.8 cm³/mol. The number of hydrogen-bond donors (Lipinski definition) is 2. The fourth-order valence-electron chi connectivity index (χ4n) is 2.63. The van der Waals surface area contributed by atoms with E-state index in [1.165, 1.54) is 32.4 Å². The number of aromatic amines is 1. The standard InChI is InChI=1S/C16H12ClNO6S2/c1-23-14(20)10-9(7-5-6(17)3-4-8(7)19)11-13(18-16(22)26-11)25-12(10)15(21)24-2/h3-5,9,19H,1-2H3,(H,18,22)/t9-/m0/s1. The zero-order valence-corrected chi connectivity index (χ0v) is 15.9. The number of rotatable bonds is 3. The third-order valence-corrected chi connectivity index (χ3v) is 6.15. The van der Waals surface area contributed by atoms with Gasteiger partial charge >= 0.3 is 16.8 Å². The molecule has 26 heavy (non-hydrogen) atoms. The number of aromatic nitrogens is 1. The molecule has 0 amide bonds. The van der Waals surface area contributed by atoms with Gasteiger partial charge in [-0.3, -0.25) is 4.79 Å². The van der Waals surface area contributed by atoms with Gasteiger partial charge in [-0.2, -0.15) is 0 Å². The maximum Gasteiger partial charge on any atom is 0.345 e. The van der Waals surface area contributed by atoms with E-state index in [0.29, 0.717) is 14.9 Å². The second-order valence-electron chi connectivity index (χ2n) is 5.17. The van der Waals surface area contributed by atoms with E-state index < -0.39 is 17.9 Å². The smallest absolute Gasteiger partial charge is 0.345 e. The third kappa shape index (κ3) is 3.13. The number of nitrogens with one attached hydrogen (secondary N) is 1. The summed E-state index contributed by atoms with van der Waals surface area (Å²) in [6.07, 6.45) is 0. The van der Waals surface area contributed by atoms with Gasteiger partial charge in [-0.05, 0) is 18.2 Å². The molecular weight excluding hydrogens is 402 g/mol. The first kappa shape index (κ1) is 18.6. The van der Waals surface area contributed by atoms with Crippen LogP contribution in [0.25, 0.3) is 0 Å². The van der Waals surface area contributed by atoms with Crippen LogP contribution in [-0.2, 0) is 19.1 Å². The highest BCUT2D eigenvalue weighted by molar-refractivity contribution is 8.04. The average Bonchev–Trinajstić information content (AvgIpc) is 3.00. The minimum absolute atomic E-state index is 0.0229. The van der Waals surface area contributed by atoms with Crippen molar-refractivity contribution in [3.8, 4) is 5.75 Å². The number of benzene rings is 1. The fourth-order valence-corrected chi connectivity index (χ4v) is 5.03. The summed E-state index contributed by atoms with van der Waals surface area (Å²) in [6, 6.07) is 4.34. The summed E-state index contributed by atoms with van der Waals surface area (Å²) in [5.74, 6) is -2.56. The van der Waals surface area contributed by atoms with E-state index in [2.05, 4.69) is 4.98 Å². The van der Waals surface area contributed by atoms with E-state index in [4.69, 9.17) is 21.1 Å². The molecule has 1 aliphatic rings. The van der Waals surface area contributed by atoms with Crippen LogP contribution in [-0.4, -0.2) is 36.2 Å². The molecule has 10 heteroatoms. The van der Waals surface area contributed by atoms with Gasteiger partial charge in [-0.25, -0.2) is 9.59 Å². The molecule has 3 rings (SSSR count). The van der Waals surface area contributed by atoms with Crippen LogP contribution in [0.4, 0.5) is 0 Å². The van der Waals surface area contributed by atoms with Gasteiger partial charge in [0.1, 0.15) is 10.7 Å². The Bertz CT molecular complexity index is 993. The van der Waals surface area contributed by atoms with E-state index in [1.807, 2.05) is 0 Å². The van der Waals surface area contributed by atoms with E-state index in [0.717, 1.165) is 23.1 Å². The topological polar surface area (TPSA) is 106 Å². The summed E-state index contributed by atoms with van der Waals surface area (Å²) < 4.78 is 9.61. The molecule has 136 valence electrons. The molecule has 1 aromatic carbocycles. The third-order valence-electron chi connectivity index (χ3n) is 3.72. The number of carbonyl (C=O) groups is 2. The number of carbonyl (C=O) groups excluding carboxylic acids is 2. The van der Waals surface area contributed by atoms with Crippen molar-refractivity contribution in [2.24, 2.45) is 0 Å². The summed E-state index contributed by atoms with van der Waals surface area (Å²) >= 11 is 7.85. The number of fused-ring (bicyclic) bond motifs is 1. The van der Waals surface area contributed by atoms with Gasteiger partial charge < -0.3 is 19.6 Å². The lowest BCUT2D eigenvalue weighted by Crippen LogP contribution is -2.22. The first-order chi connectivity index (χ1) is 12.4. The fraction of sp³-hybridized carbons (Fsp3) is 0.188.